The summed E-state index contributed by atoms with van der Waals surface area (Å²) in [5.74, 6) is 0.584. The molecule has 0 saturated heterocycles. The molecule has 3 aromatic rings. The standard InChI is InChI=1S/C28H32ClO5P/c1-18(2)25-14-21(8-9-28(25)31)15-26-19(3)12-22(13-20(26)4)17-34-35(32)33-11-10-27(30)23-6-5-7-24(29)16-23/h5-9,12-14,16,18,27,30H,10-11,15,17H2,1-4H3/p+1. The average molecular weight is 516 g/mol. The van der Waals surface area contributed by atoms with Crippen LogP contribution in [-0.4, -0.2) is 16.8 Å². The van der Waals surface area contributed by atoms with Crippen LogP contribution in [0, 0.1) is 13.8 Å². The second-order valence-corrected chi connectivity index (χ2v) is 10.5. The Morgan fingerprint density at radius 1 is 0.971 bits per heavy atom. The molecule has 186 valence electrons. The monoisotopic (exact) mass is 515 g/mol. The molecule has 0 fully saturated rings. The fourth-order valence-electron chi connectivity index (χ4n) is 4.11. The summed E-state index contributed by atoms with van der Waals surface area (Å²) in [5.41, 5.74) is 7.20. The Hall–Kier alpha value is -2.27. The molecule has 35 heavy (non-hydrogen) atoms. The van der Waals surface area contributed by atoms with Crippen LogP contribution in [0.5, 0.6) is 5.75 Å². The second kappa shape index (κ2) is 12.6. The number of aliphatic hydroxyl groups is 1. The third kappa shape index (κ3) is 7.86. The molecule has 0 saturated carbocycles. The molecule has 3 aromatic carbocycles. The molecule has 2 unspecified atom stereocenters. The highest BCUT2D eigenvalue weighted by atomic mass is 35.5. The SMILES string of the molecule is Cc1cc(CO[P+](=O)OCCC(O)c2cccc(Cl)c2)cc(C)c1Cc1ccc(O)c(C(C)C)c1. The molecule has 2 N–H and O–H groups in total. The number of hydrogen-bond acceptors (Lipinski definition) is 5. The van der Waals surface area contributed by atoms with Crippen molar-refractivity contribution in [2.75, 3.05) is 6.61 Å². The third-order valence-electron chi connectivity index (χ3n) is 6.01. The normalized spacial score (nSPS) is 12.7. The van der Waals surface area contributed by atoms with Gasteiger partial charge in [0.15, 0.2) is 0 Å². The zero-order valence-corrected chi connectivity index (χ0v) is 22.3. The summed E-state index contributed by atoms with van der Waals surface area (Å²) < 4.78 is 22.8. The average Bonchev–Trinajstić information content (AvgIpc) is 2.80. The van der Waals surface area contributed by atoms with Crippen LogP contribution < -0.4 is 0 Å². The zero-order valence-electron chi connectivity index (χ0n) is 20.6. The van der Waals surface area contributed by atoms with Gasteiger partial charge in [0, 0.05) is 16.0 Å². The van der Waals surface area contributed by atoms with Gasteiger partial charge in [-0.3, -0.25) is 0 Å². The van der Waals surface area contributed by atoms with Crippen molar-refractivity contribution in [2.45, 2.75) is 59.2 Å². The van der Waals surface area contributed by atoms with Crippen LogP contribution in [0.15, 0.2) is 54.6 Å². The fourth-order valence-corrected chi connectivity index (χ4v) is 4.89. The summed E-state index contributed by atoms with van der Waals surface area (Å²) in [5, 5.41) is 20.9. The van der Waals surface area contributed by atoms with Crippen LogP contribution in [0.25, 0.3) is 0 Å². The van der Waals surface area contributed by atoms with E-state index in [4.69, 9.17) is 20.6 Å². The van der Waals surface area contributed by atoms with Crippen molar-refractivity contribution in [1.29, 1.82) is 0 Å². The summed E-state index contributed by atoms with van der Waals surface area (Å²) in [6.45, 7) is 8.53. The molecule has 0 aliphatic carbocycles. The van der Waals surface area contributed by atoms with Crippen LogP contribution in [-0.2, 0) is 26.6 Å². The minimum Gasteiger partial charge on any atom is -0.508 e. The van der Waals surface area contributed by atoms with Crippen molar-refractivity contribution in [1.82, 2.24) is 0 Å². The van der Waals surface area contributed by atoms with Gasteiger partial charge in [-0.05, 0) is 83.3 Å². The van der Waals surface area contributed by atoms with Gasteiger partial charge in [0.05, 0.1) is 6.10 Å². The summed E-state index contributed by atoms with van der Waals surface area (Å²) in [4.78, 5) is 0. The maximum Gasteiger partial charge on any atom is 0.697 e. The first kappa shape index (κ1) is 27.3. The van der Waals surface area contributed by atoms with E-state index >= 15 is 0 Å². The molecule has 5 nitrogen and oxygen atoms in total. The highest BCUT2D eigenvalue weighted by molar-refractivity contribution is 7.33. The largest absolute Gasteiger partial charge is 0.697 e. The van der Waals surface area contributed by atoms with Gasteiger partial charge >= 0.3 is 8.25 Å². The Labute approximate surface area is 213 Å². The predicted octanol–water partition coefficient (Wildman–Crippen LogP) is 7.69. The predicted molar refractivity (Wildman–Crippen MR) is 140 cm³/mol. The molecule has 2 atom stereocenters. The summed E-state index contributed by atoms with van der Waals surface area (Å²) in [6.07, 6.45) is 0.304. The molecule has 0 aliphatic rings. The number of aryl methyl sites for hydroxylation is 2. The maximum atomic E-state index is 12.2. The van der Waals surface area contributed by atoms with Crippen molar-refractivity contribution in [3.8, 4) is 5.75 Å². The summed E-state index contributed by atoms with van der Waals surface area (Å²) >= 11 is 5.95. The highest BCUT2D eigenvalue weighted by Crippen LogP contribution is 2.31. The summed E-state index contributed by atoms with van der Waals surface area (Å²) in [6, 6.07) is 16.9. The number of rotatable bonds is 11. The topological polar surface area (TPSA) is 76.0 Å². The van der Waals surface area contributed by atoms with Crippen LogP contribution in [0.1, 0.15) is 71.2 Å². The molecular weight excluding hydrogens is 483 g/mol. The lowest BCUT2D eigenvalue weighted by Crippen LogP contribution is -2.02. The minimum absolute atomic E-state index is 0.102. The quantitative estimate of drug-likeness (QED) is 0.256. The molecule has 0 aliphatic heterocycles. The molecule has 0 spiro atoms. The lowest BCUT2D eigenvalue weighted by atomic mass is 9.92. The number of aliphatic hydroxyl groups excluding tert-OH is 1. The Morgan fingerprint density at radius 2 is 1.69 bits per heavy atom. The lowest BCUT2D eigenvalue weighted by Gasteiger charge is -2.14. The van der Waals surface area contributed by atoms with E-state index in [1.165, 1.54) is 5.56 Å². The van der Waals surface area contributed by atoms with Crippen molar-refractivity contribution in [3.05, 3.63) is 98.6 Å². The molecular formula is C28H33ClO5P+. The number of benzene rings is 3. The first-order valence-electron chi connectivity index (χ1n) is 11.7. The Balaban J connectivity index is 1.53. The van der Waals surface area contributed by atoms with Crippen LogP contribution >= 0.6 is 19.9 Å². The smallest absolute Gasteiger partial charge is 0.508 e. The van der Waals surface area contributed by atoms with E-state index in [1.54, 1.807) is 30.3 Å². The zero-order chi connectivity index (χ0) is 25.5. The highest BCUT2D eigenvalue weighted by Gasteiger charge is 2.22. The van der Waals surface area contributed by atoms with Crippen molar-refractivity contribution in [3.63, 3.8) is 0 Å². The van der Waals surface area contributed by atoms with Crippen molar-refractivity contribution in [2.24, 2.45) is 0 Å². The Bertz CT molecular complexity index is 1150. The van der Waals surface area contributed by atoms with E-state index in [0.29, 0.717) is 16.3 Å². The van der Waals surface area contributed by atoms with Gasteiger partial charge in [-0.2, -0.15) is 0 Å². The van der Waals surface area contributed by atoms with Gasteiger partial charge in [0.2, 0.25) is 0 Å². The second-order valence-electron chi connectivity index (χ2n) is 9.12. The van der Waals surface area contributed by atoms with Crippen molar-refractivity contribution < 1.29 is 23.8 Å². The number of phenolic OH excluding ortho intramolecular Hbond substituents is 1. The Morgan fingerprint density at radius 3 is 2.34 bits per heavy atom. The molecule has 7 heteroatoms. The number of hydrogen-bond donors (Lipinski definition) is 2. The van der Waals surface area contributed by atoms with Gasteiger partial charge in [-0.1, -0.05) is 61.8 Å². The molecule has 0 radical (unpaired) electrons. The van der Waals surface area contributed by atoms with Gasteiger partial charge in [-0.25, -0.2) is 0 Å². The molecule has 0 amide bonds. The van der Waals surface area contributed by atoms with Gasteiger partial charge in [0.25, 0.3) is 0 Å². The lowest BCUT2D eigenvalue weighted by molar-refractivity contribution is 0.133. The van der Waals surface area contributed by atoms with Crippen molar-refractivity contribution >= 4 is 19.9 Å². The van der Waals surface area contributed by atoms with Gasteiger partial charge in [0.1, 0.15) is 19.0 Å². The van der Waals surface area contributed by atoms with E-state index < -0.39 is 14.4 Å². The van der Waals surface area contributed by atoms with E-state index in [0.717, 1.165) is 34.2 Å². The summed E-state index contributed by atoms with van der Waals surface area (Å²) in [7, 11) is -2.30. The van der Waals surface area contributed by atoms with E-state index in [2.05, 4.69) is 33.8 Å². The van der Waals surface area contributed by atoms with Gasteiger partial charge < -0.3 is 10.2 Å². The molecule has 0 aromatic heterocycles. The van der Waals surface area contributed by atoms with Gasteiger partial charge in [-0.15, -0.1) is 9.05 Å². The number of phenols is 1. The van der Waals surface area contributed by atoms with Crippen LogP contribution in [0.2, 0.25) is 5.02 Å². The Kier molecular flexibility index (Phi) is 9.85. The van der Waals surface area contributed by atoms with E-state index in [-0.39, 0.29) is 25.6 Å². The fraction of sp³-hybridized carbons (Fsp3) is 0.357. The minimum atomic E-state index is -2.30. The maximum absolute atomic E-state index is 12.2. The van der Waals surface area contributed by atoms with Crippen LogP contribution in [0.4, 0.5) is 0 Å². The first-order valence-corrected chi connectivity index (χ1v) is 13.2. The van der Waals surface area contributed by atoms with E-state index in [9.17, 15) is 14.8 Å². The third-order valence-corrected chi connectivity index (χ3v) is 6.98. The van der Waals surface area contributed by atoms with E-state index in [1.807, 2.05) is 18.2 Å². The molecule has 0 heterocycles. The van der Waals surface area contributed by atoms with Crippen LogP contribution in [0.3, 0.4) is 0 Å². The first-order chi connectivity index (χ1) is 16.6. The number of aromatic hydroxyl groups is 1. The molecule has 3 rings (SSSR count). The molecule has 0 bridgehead atoms. The number of halogens is 1.